The molecule has 0 saturated heterocycles. The predicted octanol–water partition coefficient (Wildman–Crippen LogP) is 7.70. The summed E-state index contributed by atoms with van der Waals surface area (Å²) in [5.41, 5.74) is 4.46. The Balaban J connectivity index is 1.19. The maximum absolute atomic E-state index is 13.1. The van der Waals surface area contributed by atoms with Crippen molar-refractivity contribution in [2.75, 3.05) is 0 Å². The van der Waals surface area contributed by atoms with E-state index in [0.717, 1.165) is 36.6 Å². The third-order valence-corrected chi connectivity index (χ3v) is 8.39. The van der Waals surface area contributed by atoms with Crippen molar-refractivity contribution in [1.82, 2.24) is 9.97 Å². The van der Waals surface area contributed by atoms with Gasteiger partial charge in [0, 0.05) is 16.7 Å². The molecule has 0 saturated carbocycles. The molecule has 4 nitrogen and oxygen atoms in total. The summed E-state index contributed by atoms with van der Waals surface area (Å²) in [4.78, 5) is 37.1. The van der Waals surface area contributed by atoms with Gasteiger partial charge in [-0.05, 0) is 40.1 Å². The highest BCUT2D eigenvalue weighted by Crippen LogP contribution is 2.36. The molecule has 0 amide bonds. The number of benzene rings is 4. The number of carbonyl (C=O) groups excluding carboxylic acids is 2. The van der Waals surface area contributed by atoms with Crippen molar-refractivity contribution in [2.24, 2.45) is 0 Å². The highest BCUT2D eigenvalue weighted by atomic mass is 32.1. The summed E-state index contributed by atoms with van der Waals surface area (Å²) in [6.45, 7) is 0. The van der Waals surface area contributed by atoms with Crippen LogP contribution in [0.2, 0.25) is 0 Å². The van der Waals surface area contributed by atoms with E-state index in [0.29, 0.717) is 16.1 Å². The zero-order valence-corrected chi connectivity index (χ0v) is 20.4. The van der Waals surface area contributed by atoms with Gasteiger partial charge in [0.1, 0.15) is 10.0 Å². The van der Waals surface area contributed by atoms with Gasteiger partial charge in [-0.2, -0.15) is 0 Å². The van der Waals surface area contributed by atoms with Crippen LogP contribution in [-0.4, -0.2) is 21.5 Å². The maximum atomic E-state index is 13.1. The van der Waals surface area contributed by atoms with Crippen LogP contribution in [0.15, 0.2) is 96.6 Å². The van der Waals surface area contributed by atoms with Crippen LogP contribution in [0.1, 0.15) is 25.7 Å². The smallest absolute Gasteiger partial charge is 0.197 e. The topological polar surface area (TPSA) is 59.9 Å². The lowest BCUT2D eigenvalue weighted by atomic mass is 10.0. The van der Waals surface area contributed by atoms with Crippen molar-refractivity contribution < 1.29 is 9.59 Å². The minimum atomic E-state index is -0.244. The molecule has 36 heavy (non-hydrogen) atoms. The van der Waals surface area contributed by atoms with E-state index in [1.165, 1.54) is 28.2 Å². The molecule has 170 valence electrons. The summed E-state index contributed by atoms with van der Waals surface area (Å²) in [6, 6.07) is 30.0. The summed E-state index contributed by atoms with van der Waals surface area (Å²) < 4.78 is 0. The number of aromatic nitrogens is 2. The third kappa shape index (κ3) is 3.42. The average Bonchev–Trinajstić information content (AvgIpc) is 3.56. The molecule has 2 aromatic heterocycles. The number of hydrogen-bond acceptors (Lipinski definition) is 6. The molecule has 6 aromatic rings. The fourth-order valence-electron chi connectivity index (χ4n) is 4.54. The Morgan fingerprint density at radius 1 is 0.583 bits per heavy atom. The van der Waals surface area contributed by atoms with E-state index in [1.807, 2.05) is 54.6 Å². The van der Waals surface area contributed by atoms with Crippen LogP contribution in [0.3, 0.4) is 0 Å². The zero-order valence-electron chi connectivity index (χ0n) is 18.8. The predicted molar refractivity (Wildman–Crippen MR) is 147 cm³/mol. The number of fused-ring (bicyclic) bond motifs is 3. The lowest BCUT2D eigenvalue weighted by Crippen LogP contribution is -1.99. The molecule has 0 bridgehead atoms. The molecule has 6 heteroatoms. The van der Waals surface area contributed by atoms with Gasteiger partial charge in [0.15, 0.2) is 21.2 Å². The standard InChI is InChI=1S/C30H16N2O2S2/c33-26-22-14-20-8-4-5-9-21(20)15-23(22)27(34)24(26)16-25-31-29-30(35-25)32-28(36-29)19-12-10-18(11-13-19)17-6-2-1-3-7-17/h1-16H. The lowest BCUT2D eigenvalue weighted by Gasteiger charge is -2.02. The van der Waals surface area contributed by atoms with Crippen molar-refractivity contribution in [3.63, 3.8) is 0 Å². The molecular formula is C30H16N2O2S2. The molecule has 2 heterocycles. The molecule has 4 aromatic carbocycles. The van der Waals surface area contributed by atoms with E-state index < -0.39 is 0 Å². The summed E-state index contributed by atoms with van der Waals surface area (Å²) in [6.07, 6.45) is 1.61. The number of nitrogens with zero attached hydrogens (tertiary/aromatic N) is 2. The Morgan fingerprint density at radius 3 is 1.78 bits per heavy atom. The molecule has 0 spiro atoms. The van der Waals surface area contributed by atoms with Gasteiger partial charge in [-0.1, -0.05) is 102 Å². The van der Waals surface area contributed by atoms with Gasteiger partial charge in [0.2, 0.25) is 0 Å². The molecule has 0 unspecified atom stereocenters. The Kier molecular flexibility index (Phi) is 4.77. The van der Waals surface area contributed by atoms with Crippen molar-refractivity contribution in [1.29, 1.82) is 0 Å². The van der Waals surface area contributed by atoms with Gasteiger partial charge in [0.25, 0.3) is 0 Å². The monoisotopic (exact) mass is 500 g/mol. The van der Waals surface area contributed by atoms with Gasteiger partial charge >= 0.3 is 0 Å². The number of Topliss-reactive ketones (excluding diaryl/α,β-unsaturated/α-hetero) is 2. The normalized spacial score (nSPS) is 13.1. The molecule has 0 fully saturated rings. The van der Waals surface area contributed by atoms with Crippen LogP contribution in [0.4, 0.5) is 0 Å². The van der Waals surface area contributed by atoms with Crippen LogP contribution in [0.25, 0.3) is 48.2 Å². The highest BCUT2D eigenvalue weighted by Gasteiger charge is 2.33. The largest absolute Gasteiger partial charge is 0.288 e. The fraction of sp³-hybridized carbons (Fsp3) is 0. The molecule has 0 aliphatic heterocycles. The number of carbonyl (C=O) groups is 2. The second-order valence-corrected chi connectivity index (χ2v) is 10.6. The lowest BCUT2D eigenvalue weighted by molar-refractivity contribution is 0.0990. The Labute approximate surface area is 214 Å². The van der Waals surface area contributed by atoms with Crippen molar-refractivity contribution in [3.8, 4) is 21.7 Å². The van der Waals surface area contributed by atoms with E-state index in [1.54, 1.807) is 6.08 Å². The molecule has 0 N–H and O–H groups in total. The van der Waals surface area contributed by atoms with E-state index in [9.17, 15) is 9.59 Å². The van der Waals surface area contributed by atoms with Crippen LogP contribution in [0, 0.1) is 0 Å². The van der Waals surface area contributed by atoms with E-state index >= 15 is 0 Å². The number of hydrogen-bond donors (Lipinski definition) is 0. The van der Waals surface area contributed by atoms with E-state index in [4.69, 9.17) is 4.98 Å². The number of allylic oxidation sites excluding steroid dienone is 1. The zero-order chi connectivity index (χ0) is 24.2. The number of rotatable bonds is 3. The molecular weight excluding hydrogens is 484 g/mol. The Morgan fingerprint density at radius 2 is 1.14 bits per heavy atom. The Bertz CT molecular complexity index is 1770. The minimum absolute atomic E-state index is 0.165. The molecule has 1 aliphatic rings. The van der Waals surface area contributed by atoms with Crippen molar-refractivity contribution in [3.05, 3.63) is 113 Å². The molecule has 0 radical (unpaired) electrons. The van der Waals surface area contributed by atoms with Crippen molar-refractivity contribution in [2.45, 2.75) is 0 Å². The number of thiazole rings is 2. The average molecular weight is 501 g/mol. The summed E-state index contributed by atoms with van der Waals surface area (Å²) in [5.74, 6) is -0.488. The van der Waals surface area contributed by atoms with Gasteiger partial charge in [0.05, 0.1) is 5.57 Å². The first-order chi connectivity index (χ1) is 17.6. The first-order valence-corrected chi connectivity index (χ1v) is 13.0. The second kappa shape index (κ2) is 8.16. The first-order valence-electron chi connectivity index (χ1n) is 11.4. The molecule has 7 rings (SSSR count). The minimum Gasteiger partial charge on any atom is -0.288 e. The van der Waals surface area contributed by atoms with E-state index in [-0.39, 0.29) is 17.1 Å². The van der Waals surface area contributed by atoms with Crippen LogP contribution in [0.5, 0.6) is 0 Å². The SMILES string of the molecule is O=C1C(=Cc2nc3sc(-c4ccc(-c5ccccc5)cc4)nc3s2)C(=O)c2cc3ccccc3cc21. The summed E-state index contributed by atoms with van der Waals surface area (Å²) >= 11 is 2.90. The number of ketones is 2. The fourth-order valence-corrected chi connectivity index (χ4v) is 6.54. The summed E-state index contributed by atoms with van der Waals surface area (Å²) in [7, 11) is 0. The quantitative estimate of drug-likeness (QED) is 0.184. The maximum Gasteiger partial charge on any atom is 0.197 e. The van der Waals surface area contributed by atoms with Crippen LogP contribution < -0.4 is 0 Å². The van der Waals surface area contributed by atoms with Crippen molar-refractivity contribution >= 4 is 60.7 Å². The second-order valence-electron chi connectivity index (χ2n) is 8.59. The molecule has 0 atom stereocenters. The van der Waals surface area contributed by atoms with Crippen LogP contribution >= 0.6 is 22.7 Å². The van der Waals surface area contributed by atoms with E-state index in [2.05, 4.69) is 41.4 Å². The Hall–Kier alpha value is -4.26. The first kappa shape index (κ1) is 21.1. The summed E-state index contributed by atoms with van der Waals surface area (Å²) in [5, 5.41) is 3.40. The van der Waals surface area contributed by atoms with Gasteiger partial charge in [-0.25, -0.2) is 9.97 Å². The molecule has 1 aliphatic carbocycles. The van der Waals surface area contributed by atoms with Gasteiger partial charge in [-0.3, -0.25) is 9.59 Å². The highest BCUT2D eigenvalue weighted by molar-refractivity contribution is 7.28. The third-order valence-electron chi connectivity index (χ3n) is 6.36. The van der Waals surface area contributed by atoms with Gasteiger partial charge < -0.3 is 0 Å². The van der Waals surface area contributed by atoms with Gasteiger partial charge in [-0.15, -0.1) is 0 Å². The van der Waals surface area contributed by atoms with Crippen LogP contribution in [-0.2, 0) is 0 Å².